The molecule has 4 heteroatoms. The first kappa shape index (κ1) is 14.5. The predicted octanol–water partition coefficient (Wildman–Crippen LogP) is 4.85. The molecular weight excluding hydrogens is 292 g/mol. The van der Waals surface area contributed by atoms with Gasteiger partial charge in [-0.1, -0.05) is 23.7 Å². The summed E-state index contributed by atoms with van der Waals surface area (Å²) in [7, 11) is 0. The molecule has 0 bridgehead atoms. The highest BCUT2D eigenvalue weighted by atomic mass is 35.5. The first-order chi connectivity index (χ1) is 10.0. The summed E-state index contributed by atoms with van der Waals surface area (Å²) in [6.45, 7) is 2.37. The van der Waals surface area contributed by atoms with Crippen LogP contribution in [0, 0.1) is 18.6 Å². The van der Waals surface area contributed by atoms with Gasteiger partial charge in [-0.25, -0.2) is 8.78 Å². The van der Waals surface area contributed by atoms with Crippen LogP contribution in [0.15, 0.2) is 30.3 Å². The second kappa shape index (κ2) is 5.74. The van der Waals surface area contributed by atoms with E-state index in [1.54, 1.807) is 13.0 Å². The molecule has 0 amide bonds. The van der Waals surface area contributed by atoms with Crippen LogP contribution in [0.2, 0.25) is 5.02 Å². The SMILES string of the molecule is Cc1cc(-c2ccc(CNC3CC3)cc2Cl)c(F)cc1F. The third-order valence-corrected chi connectivity index (χ3v) is 4.06. The van der Waals surface area contributed by atoms with Crippen LogP contribution in [0.5, 0.6) is 0 Å². The van der Waals surface area contributed by atoms with Crippen molar-refractivity contribution in [2.45, 2.75) is 32.4 Å². The molecule has 1 nitrogen and oxygen atoms in total. The summed E-state index contributed by atoms with van der Waals surface area (Å²) >= 11 is 6.27. The van der Waals surface area contributed by atoms with E-state index in [4.69, 9.17) is 11.6 Å². The minimum absolute atomic E-state index is 0.334. The fourth-order valence-electron chi connectivity index (χ4n) is 2.30. The summed E-state index contributed by atoms with van der Waals surface area (Å²) in [6, 6.07) is 8.58. The molecule has 2 aromatic carbocycles. The monoisotopic (exact) mass is 307 g/mol. The summed E-state index contributed by atoms with van der Waals surface area (Å²) in [5.74, 6) is -1.14. The van der Waals surface area contributed by atoms with Gasteiger partial charge >= 0.3 is 0 Å². The average Bonchev–Trinajstić information content (AvgIpc) is 3.25. The molecule has 0 aliphatic heterocycles. The van der Waals surface area contributed by atoms with Gasteiger partial charge in [-0.3, -0.25) is 0 Å². The second-order valence-electron chi connectivity index (χ2n) is 5.55. The number of rotatable bonds is 4. The van der Waals surface area contributed by atoms with Crippen LogP contribution in [0.25, 0.3) is 11.1 Å². The molecule has 0 saturated heterocycles. The molecule has 1 N–H and O–H groups in total. The Labute approximate surface area is 127 Å². The Balaban J connectivity index is 1.89. The van der Waals surface area contributed by atoms with Crippen molar-refractivity contribution < 1.29 is 8.78 Å². The highest BCUT2D eigenvalue weighted by Crippen LogP contribution is 2.32. The van der Waals surface area contributed by atoms with Crippen molar-refractivity contribution in [3.05, 3.63) is 58.1 Å². The summed E-state index contributed by atoms with van der Waals surface area (Å²) in [4.78, 5) is 0. The molecule has 0 aromatic heterocycles. The smallest absolute Gasteiger partial charge is 0.134 e. The van der Waals surface area contributed by atoms with Crippen LogP contribution in [-0.4, -0.2) is 6.04 Å². The van der Waals surface area contributed by atoms with Crippen LogP contribution in [0.3, 0.4) is 0 Å². The third kappa shape index (κ3) is 3.25. The molecule has 0 radical (unpaired) electrons. The van der Waals surface area contributed by atoms with E-state index in [1.807, 2.05) is 12.1 Å². The highest BCUT2D eigenvalue weighted by Gasteiger charge is 2.20. The maximum atomic E-state index is 13.9. The highest BCUT2D eigenvalue weighted by molar-refractivity contribution is 6.33. The van der Waals surface area contributed by atoms with Gasteiger partial charge in [-0.15, -0.1) is 0 Å². The van der Waals surface area contributed by atoms with Gasteiger partial charge in [-0.05, 0) is 43.0 Å². The van der Waals surface area contributed by atoms with Gasteiger partial charge in [-0.2, -0.15) is 0 Å². The first-order valence-electron chi connectivity index (χ1n) is 7.02. The molecule has 3 rings (SSSR count). The Morgan fingerprint density at radius 2 is 1.86 bits per heavy atom. The van der Waals surface area contributed by atoms with Crippen LogP contribution in [0.4, 0.5) is 8.78 Å². The second-order valence-corrected chi connectivity index (χ2v) is 5.96. The number of halogens is 3. The lowest BCUT2D eigenvalue weighted by Gasteiger charge is -2.10. The molecule has 110 valence electrons. The van der Waals surface area contributed by atoms with Gasteiger partial charge in [0, 0.05) is 34.8 Å². The first-order valence-corrected chi connectivity index (χ1v) is 7.40. The molecule has 0 heterocycles. The van der Waals surface area contributed by atoms with Crippen molar-refractivity contribution in [2.75, 3.05) is 0 Å². The molecule has 0 atom stereocenters. The van der Waals surface area contributed by atoms with E-state index in [9.17, 15) is 8.78 Å². The Kier molecular flexibility index (Phi) is 3.96. The van der Waals surface area contributed by atoms with Crippen molar-refractivity contribution in [3.8, 4) is 11.1 Å². The van der Waals surface area contributed by atoms with Crippen molar-refractivity contribution in [2.24, 2.45) is 0 Å². The van der Waals surface area contributed by atoms with Gasteiger partial charge in [0.2, 0.25) is 0 Å². The molecule has 0 unspecified atom stereocenters. The molecule has 1 fully saturated rings. The van der Waals surface area contributed by atoms with E-state index in [0.717, 1.165) is 18.2 Å². The summed E-state index contributed by atoms with van der Waals surface area (Å²) in [6.07, 6.45) is 2.46. The van der Waals surface area contributed by atoms with Crippen molar-refractivity contribution in [3.63, 3.8) is 0 Å². The van der Waals surface area contributed by atoms with Crippen LogP contribution in [0.1, 0.15) is 24.0 Å². The van der Waals surface area contributed by atoms with Crippen LogP contribution < -0.4 is 5.32 Å². The molecule has 21 heavy (non-hydrogen) atoms. The predicted molar refractivity (Wildman–Crippen MR) is 81.4 cm³/mol. The van der Waals surface area contributed by atoms with E-state index in [1.165, 1.54) is 18.9 Å². The Morgan fingerprint density at radius 1 is 1.10 bits per heavy atom. The fraction of sp³-hybridized carbons (Fsp3) is 0.294. The van der Waals surface area contributed by atoms with Crippen LogP contribution >= 0.6 is 11.6 Å². The maximum Gasteiger partial charge on any atom is 0.134 e. The zero-order valence-corrected chi connectivity index (χ0v) is 12.5. The Hall–Kier alpha value is -1.45. The fourth-order valence-corrected chi connectivity index (χ4v) is 2.61. The Bertz CT molecular complexity index is 681. The lowest BCUT2D eigenvalue weighted by Crippen LogP contribution is -2.15. The molecule has 1 saturated carbocycles. The van der Waals surface area contributed by atoms with Gasteiger partial charge in [0.05, 0.1) is 0 Å². The van der Waals surface area contributed by atoms with Crippen molar-refractivity contribution >= 4 is 11.6 Å². The van der Waals surface area contributed by atoms with E-state index < -0.39 is 11.6 Å². The number of hydrogen-bond donors (Lipinski definition) is 1. The van der Waals surface area contributed by atoms with Gasteiger partial charge in [0.15, 0.2) is 0 Å². The van der Waals surface area contributed by atoms with E-state index in [0.29, 0.717) is 27.8 Å². The minimum atomic E-state index is -0.594. The number of nitrogens with one attached hydrogen (secondary N) is 1. The normalized spacial score (nSPS) is 14.5. The average molecular weight is 308 g/mol. The van der Waals surface area contributed by atoms with Gasteiger partial charge in [0.25, 0.3) is 0 Å². The molecule has 2 aromatic rings. The lowest BCUT2D eigenvalue weighted by molar-refractivity contribution is 0.579. The minimum Gasteiger partial charge on any atom is -0.310 e. The van der Waals surface area contributed by atoms with Crippen LogP contribution in [-0.2, 0) is 6.54 Å². The molecular formula is C17H16ClF2N. The molecule has 1 aliphatic rings. The maximum absolute atomic E-state index is 13.9. The number of aryl methyl sites for hydroxylation is 1. The number of benzene rings is 2. The zero-order valence-electron chi connectivity index (χ0n) is 11.7. The summed E-state index contributed by atoms with van der Waals surface area (Å²) in [5, 5.41) is 3.89. The largest absolute Gasteiger partial charge is 0.310 e. The topological polar surface area (TPSA) is 12.0 Å². The standard InChI is InChI=1S/C17H16ClF2N/c1-10-6-14(17(20)8-16(10)19)13-5-2-11(7-15(13)18)9-21-12-3-4-12/h2,5-8,12,21H,3-4,9H2,1H3. The third-order valence-electron chi connectivity index (χ3n) is 3.74. The van der Waals surface area contributed by atoms with E-state index in [2.05, 4.69) is 5.32 Å². The summed E-state index contributed by atoms with van der Waals surface area (Å²) in [5.41, 5.74) is 2.39. The zero-order chi connectivity index (χ0) is 15.0. The van der Waals surface area contributed by atoms with Crippen molar-refractivity contribution in [1.29, 1.82) is 0 Å². The molecule has 1 aliphatic carbocycles. The van der Waals surface area contributed by atoms with E-state index in [-0.39, 0.29) is 0 Å². The van der Waals surface area contributed by atoms with Gasteiger partial charge < -0.3 is 5.32 Å². The van der Waals surface area contributed by atoms with Crippen molar-refractivity contribution in [1.82, 2.24) is 5.32 Å². The molecule has 0 spiro atoms. The van der Waals surface area contributed by atoms with E-state index >= 15 is 0 Å². The number of hydrogen-bond acceptors (Lipinski definition) is 1. The summed E-state index contributed by atoms with van der Waals surface area (Å²) < 4.78 is 27.3. The lowest BCUT2D eigenvalue weighted by atomic mass is 10.0. The Morgan fingerprint density at radius 3 is 2.52 bits per heavy atom. The van der Waals surface area contributed by atoms with Gasteiger partial charge in [0.1, 0.15) is 11.6 Å². The quantitative estimate of drug-likeness (QED) is 0.852.